The van der Waals surface area contributed by atoms with Gasteiger partial charge in [0, 0.05) is 13.0 Å². The summed E-state index contributed by atoms with van der Waals surface area (Å²) < 4.78 is 34.4. The molecule has 0 aromatic heterocycles. The van der Waals surface area contributed by atoms with Gasteiger partial charge in [-0.25, -0.2) is 0 Å². The maximum atomic E-state index is 13.0. The lowest BCUT2D eigenvalue weighted by Gasteiger charge is -2.42. The van der Waals surface area contributed by atoms with Gasteiger partial charge >= 0.3 is 5.97 Å². The third-order valence-corrected chi connectivity index (χ3v) is 13.6. The van der Waals surface area contributed by atoms with Crippen LogP contribution in [0.15, 0.2) is 48.6 Å². The van der Waals surface area contributed by atoms with Gasteiger partial charge in [-0.15, -0.1) is 0 Å². The molecule has 2 saturated heterocycles. The molecule has 2 rings (SSSR count). The van der Waals surface area contributed by atoms with Crippen LogP contribution in [0.1, 0.15) is 213 Å². The normalized spacial score (nSPS) is 25.5. The Hall–Kier alpha value is -2.05. The van der Waals surface area contributed by atoms with Crippen molar-refractivity contribution < 1.29 is 69.0 Å². The smallest absolute Gasteiger partial charge is 0.306 e. The van der Waals surface area contributed by atoms with Crippen LogP contribution in [0.25, 0.3) is 0 Å². The molecule has 72 heavy (non-hydrogen) atoms. The number of carbonyl (C=O) groups excluding carboxylic acids is 1. The number of aliphatic hydroxyl groups is 7. The fraction of sp³-hybridized carbons (Fsp3) is 0.845. The molecule has 0 aromatic rings. The van der Waals surface area contributed by atoms with Crippen molar-refractivity contribution in [2.75, 3.05) is 33.0 Å². The van der Waals surface area contributed by atoms with Crippen LogP contribution in [0.5, 0.6) is 0 Å². The molecule has 0 saturated carbocycles. The van der Waals surface area contributed by atoms with Crippen molar-refractivity contribution >= 4 is 5.97 Å². The topological polar surface area (TPSA) is 214 Å². The molecule has 420 valence electrons. The largest absolute Gasteiger partial charge is 0.457 e. The third-order valence-electron chi connectivity index (χ3n) is 13.6. The first-order valence-corrected chi connectivity index (χ1v) is 28.7. The Bertz CT molecular complexity index is 1370. The molecule has 0 radical (unpaired) electrons. The molecular weight excluding hydrogens is 921 g/mol. The fourth-order valence-corrected chi connectivity index (χ4v) is 8.88. The van der Waals surface area contributed by atoms with Crippen molar-refractivity contribution in [3.63, 3.8) is 0 Å². The minimum atomic E-state index is -1.71. The third kappa shape index (κ3) is 31.7. The molecule has 2 aliphatic rings. The highest BCUT2D eigenvalue weighted by Gasteiger charge is 2.47. The fourth-order valence-electron chi connectivity index (χ4n) is 8.88. The van der Waals surface area contributed by atoms with E-state index in [-0.39, 0.29) is 25.6 Å². The highest BCUT2D eigenvalue weighted by Crippen LogP contribution is 2.26. The first-order valence-electron chi connectivity index (χ1n) is 28.7. The zero-order valence-electron chi connectivity index (χ0n) is 44.9. The first-order chi connectivity index (χ1) is 35.1. The number of unbranched alkanes of at least 4 members (excludes halogenated alkanes) is 24. The second-order valence-electron chi connectivity index (χ2n) is 20.1. The Morgan fingerprint density at radius 3 is 1.36 bits per heavy atom. The summed E-state index contributed by atoms with van der Waals surface area (Å²) in [5, 5.41) is 72.3. The van der Waals surface area contributed by atoms with Gasteiger partial charge in [-0.3, -0.25) is 4.79 Å². The van der Waals surface area contributed by atoms with Gasteiger partial charge in [-0.2, -0.15) is 0 Å². The monoisotopic (exact) mass is 1020 g/mol. The van der Waals surface area contributed by atoms with Gasteiger partial charge in [0.1, 0.15) is 54.9 Å². The first kappa shape index (κ1) is 66.1. The van der Waals surface area contributed by atoms with Crippen molar-refractivity contribution in [1.29, 1.82) is 0 Å². The van der Waals surface area contributed by atoms with Gasteiger partial charge in [0.05, 0.1) is 26.4 Å². The molecule has 2 heterocycles. The van der Waals surface area contributed by atoms with E-state index in [9.17, 15) is 40.5 Å². The predicted molar refractivity (Wildman–Crippen MR) is 284 cm³/mol. The second kappa shape index (κ2) is 45.2. The average Bonchev–Trinajstić information content (AvgIpc) is 3.38. The quantitative estimate of drug-likeness (QED) is 0.0172. The van der Waals surface area contributed by atoms with Crippen LogP contribution in [-0.2, 0) is 33.2 Å². The average molecular weight is 1030 g/mol. The van der Waals surface area contributed by atoms with E-state index in [1.165, 1.54) is 109 Å². The summed E-state index contributed by atoms with van der Waals surface area (Å²) in [6.45, 7) is 3.65. The molecule has 0 aliphatic carbocycles. The zero-order valence-corrected chi connectivity index (χ0v) is 44.9. The van der Waals surface area contributed by atoms with E-state index in [1.807, 2.05) is 0 Å². The number of rotatable bonds is 46. The van der Waals surface area contributed by atoms with Crippen LogP contribution in [0.2, 0.25) is 0 Å². The van der Waals surface area contributed by atoms with E-state index >= 15 is 0 Å². The Kier molecular flexibility index (Phi) is 41.4. The molecule has 2 aliphatic heterocycles. The number of hydrogen-bond donors (Lipinski definition) is 7. The molecule has 7 N–H and O–H groups in total. The van der Waals surface area contributed by atoms with Crippen molar-refractivity contribution in [1.82, 2.24) is 0 Å². The lowest BCUT2D eigenvalue weighted by Crippen LogP contribution is -2.61. The van der Waals surface area contributed by atoms with Gasteiger partial charge in [-0.1, -0.05) is 178 Å². The maximum absolute atomic E-state index is 13.0. The highest BCUT2D eigenvalue weighted by atomic mass is 16.7. The Balaban J connectivity index is 1.73. The van der Waals surface area contributed by atoms with Gasteiger partial charge in [0.2, 0.25) is 0 Å². The molecule has 0 bridgehead atoms. The number of carbonyl (C=O) groups is 1. The van der Waals surface area contributed by atoms with Crippen molar-refractivity contribution in [3.8, 4) is 0 Å². The standard InChI is InChI=1S/C58H104O14/c1-3-5-7-9-11-13-15-17-19-21-22-23-24-25-26-28-30-32-34-36-38-40-42-67-44-47(70-50(60)41-39-37-35-33-31-29-27-20-18-16-14-12-10-8-6-4-2)45-68-57-56(66)54(64)52(62)49(72-57)46-69-58-55(65)53(63)51(61)48(43-59)71-58/h15,17,20-22,24-25,27,47-49,51-59,61-66H,3-14,16,18-19,23,26,28-46H2,1-2H3/b17-15-,22-21-,25-24-,27-20-. The van der Waals surface area contributed by atoms with E-state index in [1.54, 1.807) is 0 Å². The van der Waals surface area contributed by atoms with E-state index in [0.717, 1.165) is 77.0 Å². The summed E-state index contributed by atoms with van der Waals surface area (Å²) in [6, 6.07) is 0. The molecule has 11 unspecified atom stereocenters. The molecule has 14 nitrogen and oxygen atoms in total. The molecular formula is C58H104O14. The number of aliphatic hydroxyl groups excluding tert-OH is 7. The predicted octanol–water partition coefficient (Wildman–Crippen LogP) is 9.91. The number of ether oxygens (including phenoxy) is 6. The van der Waals surface area contributed by atoms with Crippen molar-refractivity contribution in [2.45, 2.75) is 280 Å². The van der Waals surface area contributed by atoms with E-state index < -0.39 is 80.7 Å². The summed E-state index contributed by atoms with van der Waals surface area (Å²) in [4.78, 5) is 13.0. The number of allylic oxidation sites excluding steroid dienone is 8. The highest BCUT2D eigenvalue weighted by molar-refractivity contribution is 5.69. The summed E-state index contributed by atoms with van der Waals surface area (Å²) in [5.74, 6) is -0.388. The zero-order chi connectivity index (χ0) is 52.3. The SMILES string of the molecule is CCCCCCC/C=C\C/C=C\C/C=C\CCCCCCCCCOCC(COC1OC(COC2OC(CO)C(O)C(O)C2O)C(O)C(O)C1O)OC(=O)CCCCCCC/C=C\CCCCCCCCC. The van der Waals surface area contributed by atoms with E-state index in [4.69, 9.17) is 28.4 Å². The lowest BCUT2D eigenvalue weighted by atomic mass is 9.98. The molecule has 11 atom stereocenters. The molecule has 0 amide bonds. The Labute approximate surface area is 435 Å². The summed E-state index contributed by atoms with van der Waals surface area (Å²) in [6.07, 6.45) is 37.4. The number of hydrogen-bond acceptors (Lipinski definition) is 14. The Morgan fingerprint density at radius 2 is 0.861 bits per heavy atom. The lowest BCUT2D eigenvalue weighted by molar-refractivity contribution is -0.332. The van der Waals surface area contributed by atoms with Crippen LogP contribution in [-0.4, -0.2) is 142 Å². The van der Waals surface area contributed by atoms with Crippen LogP contribution in [0.4, 0.5) is 0 Å². The van der Waals surface area contributed by atoms with Crippen LogP contribution >= 0.6 is 0 Å². The Morgan fingerprint density at radius 1 is 0.458 bits per heavy atom. The minimum absolute atomic E-state index is 0.0511. The van der Waals surface area contributed by atoms with Crippen molar-refractivity contribution in [3.05, 3.63) is 48.6 Å². The summed E-state index contributed by atoms with van der Waals surface area (Å²) >= 11 is 0. The maximum Gasteiger partial charge on any atom is 0.306 e. The minimum Gasteiger partial charge on any atom is -0.457 e. The molecule has 0 spiro atoms. The molecule has 14 heteroatoms. The number of esters is 1. The van der Waals surface area contributed by atoms with E-state index in [2.05, 4.69) is 62.5 Å². The second-order valence-corrected chi connectivity index (χ2v) is 20.1. The summed E-state index contributed by atoms with van der Waals surface area (Å²) in [5.41, 5.74) is 0. The molecule has 0 aromatic carbocycles. The van der Waals surface area contributed by atoms with Gasteiger partial charge in [0.25, 0.3) is 0 Å². The van der Waals surface area contributed by atoms with Gasteiger partial charge in [-0.05, 0) is 77.0 Å². The van der Waals surface area contributed by atoms with Crippen LogP contribution in [0, 0.1) is 0 Å². The van der Waals surface area contributed by atoms with Crippen LogP contribution in [0.3, 0.4) is 0 Å². The van der Waals surface area contributed by atoms with Crippen LogP contribution < -0.4 is 0 Å². The van der Waals surface area contributed by atoms with Crippen molar-refractivity contribution in [2.24, 2.45) is 0 Å². The van der Waals surface area contributed by atoms with Gasteiger partial charge < -0.3 is 64.2 Å². The van der Waals surface area contributed by atoms with Gasteiger partial charge in [0.15, 0.2) is 12.6 Å². The summed E-state index contributed by atoms with van der Waals surface area (Å²) in [7, 11) is 0. The van der Waals surface area contributed by atoms with E-state index in [0.29, 0.717) is 13.0 Å². The molecule has 2 fully saturated rings.